The van der Waals surface area contributed by atoms with Crippen LogP contribution in [0.1, 0.15) is 23.1 Å². The number of benzene rings is 3. The molecule has 4 rings (SSSR count). The van der Waals surface area contributed by atoms with Gasteiger partial charge >= 0.3 is 0 Å². The van der Waals surface area contributed by atoms with E-state index in [1.54, 1.807) is 14.2 Å². The molecule has 2 unspecified atom stereocenters. The van der Waals surface area contributed by atoms with Crippen LogP contribution < -0.4 is 9.47 Å². The number of methoxy groups -OCH3 is 2. The van der Waals surface area contributed by atoms with Crippen molar-refractivity contribution in [1.29, 1.82) is 0 Å². The first-order chi connectivity index (χ1) is 15.6. The number of nitrogens with zero attached hydrogens (tertiary/aromatic N) is 1. The zero-order valence-corrected chi connectivity index (χ0v) is 22.3. The monoisotopic (exact) mass is 522 g/mol. The van der Waals surface area contributed by atoms with Crippen LogP contribution in [0.4, 0.5) is 0 Å². The van der Waals surface area contributed by atoms with Gasteiger partial charge in [-0.3, -0.25) is 4.90 Å². The fourth-order valence-corrected chi connectivity index (χ4v) is 4.52. The van der Waals surface area contributed by atoms with Gasteiger partial charge in [0, 0.05) is 39.3 Å². The van der Waals surface area contributed by atoms with Gasteiger partial charge in [-0.25, -0.2) is 0 Å². The van der Waals surface area contributed by atoms with Gasteiger partial charge in [-0.05, 0) is 60.3 Å². The average Bonchev–Trinajstić information content (AvgIpc) is 3.18. The summed E-state index contributed by atoms with van der Waals surface area (Å²) in [6, 6.07) is 26.4. The Morgan fingerprint density at radius 3 is 1.73 bits per heavy atom. The van der Waals surface area contributed by atoms with Gasteiger partial charge in [-0.2, -0.15) is 0 Å². The standard InChI is InChI=1S/C27H31NO4.Y/c1-28-18-20(17-26(28)29)19-32-27(21-7-5-4-6-8-21,22-9-13-24(30-2)14-10-22)23-11-15-25(31-3)16-12-23;/h4-16,20,26,29H,17-19H2,1-3H3;. The Morgan fingerprint density at radius 2 is 1.30 bits per heavy atom. The van der Waals surface area contributed by atoms with E-state index in [2.05, 4.69) is 36.4 Å². The Balaban J connectivity index is 0.00000306. The Kier molecular flexibility index (Phi) is 9.08. The summed E-state index contributed by atoms with van der Waals surface area (Å²) in [7, 11) is 5.28. The van der Waals surface area contributed by atoms with Gasteiger partial charge in [-0.15, -0.1) is 0 Å². The molecule has 1 N–H and O–H groups in total. The summed E-state index contributed by atoms with van der Waals surface area (Å²) in [5, 5.41) is 10.2. The van der Waals surface area contributed by atoms with Crippen LogP contribution >= 0.6 is 0 Å². The number of hydrogen-bond acceptors (Lipinski definition) is 5. The van der Waals surface area contributed by atoms with Crippen LogP contribution in [-0.2, 0) is 43.0 Å². The zero-order valence-electron chi connectivity index (χ0n) is 19.5. The maximum atomic E-state index is 10.2. The fourth-order valence-electron chi connectivity index (χ4n) is 4.52. The van der Waals surface area contributed by atoms with Crippen molar-refractivity contribution < 1.29 is 52.0 Å². The molecule has 3 aromatic rings. The van der Waals surface area contributed by atoms with Crippen LogP contribution in [0.3, 0.4) is 0 Å². The van der Waals surface area contributed by atoms with E-state index in [1.807, 2.05) is 54.4 Å². The first-order valence-electron chi connectivity index (χ1n) is 10.9. The molecule has 1 saturated heterocycles. The molecule has 171 valence electrons. The molecule has 0 aliphatic carbocycles. The smallest absolute Gasteiger partial charge is 0.143 e. The van der Waals surface area contributed by atoms with E-state index in [1.165, 1.54) is 0 Å². The molecular formula is C27H31NO4Y. The van der Waals surface area contributed by atoms with E-state index >= 15 is 0 Å². The molecule has 6 heteroatoms. The SMILES string of the molecule is COc1ccc(C(OCC2CC(O)N(C)C2)(c2ccccc2)c2ccc(OC)cc2)cc1.[Y]. The molecule has 1 fully saturated rings. The molecule has 1 heterocycles. The Hall–Kier alpha value is -1.76. The van der Waals surface area contributed by atoms with E-state index in [0.717, 1.165) is 34.7 Å². The summed E-state index contributed by atoms with van der Waals surface area (Å²) in [4.78, 5) is 1.97. The van der Waals surface area contributed by atoms with Crippen molar-refractivity contribution >= 4 is 0 Å². The van der Waals surface area contributed by atoms with Crippen molar-refractivity contribution in [2.24, 2.45) is 5.92 Å². The normalized spacial score (nSPS) is 18.5. The predicted octanol–water partition coefficient (Wildman–Crippen LogP) is 4.28. The van der Waals surface area contributed by atoms with Gasteiger partial charge in [-0.1, -0.05) is 54.6 Å². The molecule has 0 aromatic heterocycles. The van der Waals surface area contributed by atoms with Crippen molar-refractivity contribution in [2.45, 2.75) is 18.2 Å². The third kappa shape index (κ3) is 5.50. The number of hydrogen-bond donors (Lipinski definition) is 1. The summed E-state index contributed by atoms with van der Waals surface area (Å²) in [5.41, 5.74) is 2.26. The third-order valence-electron chi connectivity index (χ3n) is 6.31. The quantitative estimate of drug-likeness (QED) is 0.448. The van der Waals surface area contributed by atoms with Crippen LogP contribution in [0.2, 0.25) is 0 Å². The van der Waals surface area contributed by atoms with E-state index in [-0.39, 0.29) is 38.6 Å². The van der Waals surface area contributed by atoms with Crippen LogP contribution in [0.5, 0.6) is 11.5 Å². The minimum atomic E-state index is -0.814. The summed E-state index contributed by atoms with van der Waals surface area (Å²) in [6.07, 6.45) is 0.281. The maximum Gasteiger partial charge on any atom is 0.143 e. The number of ether oxygens (including phenoxy) is 3. The van der Waals surface area contributed by atoms with Crippen molar-refractivity contribution in [3.05, 3.63) is 95.6 Å². The van der Waals surface area contributed by atoms with E-state index in [9.17, 15) is 5.11 Å². The first kappa shape index (κ1) is 25.9. The molecule has 5 nitrogen and oxygen atoms in total. The number of aliphatic hydroxyl groups excluding tert-OH is 1. The number of aliphatic hydroxyl groups is 1. The van der Waals surface area contributed by atoms with Crippen molar-refractivity contribution in [2.75, 3.05) is 34.4 Å². The minimum absolute atomic E-state index is 0. The van der Waals surface area contributed by atoms with Gasteiger partial charge in [0.1, 0.15) is 23.3 Å². The van der Waals surface area contributed by atoms with Crippen molar-refractivity contribution in [1.82, 2.24) is 4.90 Å². The second-order valence-electron chi connectivity index (χ2n) is 8.34. The zero-order chi connectivity index (χ0) is 22.6. The van der Waals surface area contributed by atoms with Crippen LogP contribution in [-0.4, -0.2) is 50.7 Å². The minimum Gasteiger partial charge on any atom is -0.497 e. The Labute approximate surface area is 221 Å². The molecule has 0 amide bonds. The van der Waals surface area contributed by atoms with Gasteiger partial charge in [0.2, 0.25) is 0 Å². The molecule has 2 atom stereocenters. The summed E-state index contributed by atoms with van der Waals surface area (Å²) in [5.74, 6) is 1.84. The van der Waals surface area contributed by atoms with Crippen LogP contribution in [0, 0.1) is 5.92 Å². The molecule has 1 radical (unpaired) electrons. The maximum absolute atomic E-state index is 10.2. The molecule has 33 heavy (non-hydrogen) atoms. The molecular weight excluding hydrogens is 491 g/mol. The summed E-state index contributed by atoms with van der Waals surface area (Å²) >= 11 is 0. The molecule has 1 aliphatic heterocycles. The Morgan fingerprint density at radius 1 is 0.818 bits per heavy atom. The predicted molar refractivity (Wildman–Crippen MR) is 125 cm³/mol. The van der Waals surface area contributed by atoms with Gasteiger partial charge < -0.3 is 19.3 Å². The van der Waals surface area contributed by atoms with Gasteiger partial charge in [0.15, 0.2) is 0 Å². The molecule has 0 bridgehead atoms. The van der Waals surface area contributed by atoms with E-state index in [4.69, 9.17) is 14.2 Å². The van der Waals surface area contributed by atoms with Crippen molar-refractivity contribution in [3.63, 3.8) is 0 Å². The molecule has 0 spiro atoms. The second-order valence-corrected chi connectivity index (χ2v) is 8.34. The summed E-state index contributed by atoms with van der Waals surface area (Å²) < 4.78 is 17.7. The van der Waals surface area contributed by atoms with Crippen LogP contribution in [0.15, 0.2) is 78.9 Å². The van der Waals surface area contributed by atoms with E-state index < -0.39 is 11.8 Å². The number of likely N-dealkylation sites (tertiary alicyclic amines) is 1. The van der Waals surface area contributed by atoms with Crippen LogP contribution in [0.25, 0.3) is 0 Å². The Bertz CT molecular complexity index is 937. The molecule has 3 aromatic carbocycles. The third-order valence-corrected chi connectivity index (χ3v) is 6.31. The largest absolute Gasteiger partial charge is 0.497 e. The molecule has 0 saturated carbocycles. The van der Waals surface area contributed by atoms with E-state index in [0.29, 0.717) is 13.0 Å². The number of rotatable bonds is 8. The molecule has 1 aliphatic rings. The fraction of sp³-hybridized carbons (Fsp3) is 0.333. The second kappa shape index (κ2) is 11.6. The topological polar surface area (TPSA) is 51.2 Å². The summed E-state index contributed by atoms with van der Waals surface area (Å²) in [6.45, 7) is 1.33. The first-order valence-corrected chi connectivity index (χ1v) is 10.9. The van der Waals surface area contributed by atoms with Crippen molar-refractivity contribution in [3.8, 4) is 11.5 Å². The average molecular weight is 522 g/mol. The van der Waals surface area contributed by atoms with Gasteiger partial charge in [0.25, 0.3) is 0 Å². The van der Waals surface area contributed by atoms with Gasteiger partial charge in [0.05, 0.1) is 20.8 Å².